The number of benzene rings is 1. The second-order valence-corrected chi connectivity index (χ2v) is 6.47. The van der Waals surface area contributed by atoms with E-state index in [-0.39, 0.29) is 11.9 Å². The molecule has 0 aliphatic carbocycles. The molecule has 132 valence electrons. The Morgan fingerprint density at radius 3 is 2.76 bits per heavy atom. The topological polar surface area (TPSA) is 54.5 Å². The molecule has 1 fully saturated rings. The van der Waals surface area contributed by atoms with Crippen molar-refractivity contribution in [2.24, 2.45) is 0 Å². The van der Waals surface area contributed by atoms with Crippen molar-refractivity contribution in [2.75, 3.05) is 13.1 Å². The third kappa shape index (κ3) is 4.37. The average molecular weight is 339 g/mol. The van der Waals surface area contributed by atoms with E-state index >= 15 is 0 Å². The number of ether oxygens (including phenoxy) is 1. The van der Waals surface area contributed by atoms with Gasteiger partial charge in [0.1, 0.15) is 5.75 Å². The van der Waals surface area contributed by atoms with Gasteiger partial charge in [-0.05, 0) is 57.5 Å². The van der Waals surface area contributed by atoms with Crippen LogP contribution in [0.1, 0.15) is 30.9 Å². The molecule has 1 aromatic carbocycles. The molecule has 1 N–H and O–H groups in total. The normalized spacial score (nSPS) is 15.8. The number of nitrogens with zero attached hydrogens (tertiary/aromatic N) is 2. The second-order valence-electron chi connectivity index (χ2n) is 6.47. The maximum absolute atomic E-state index is 12.4. The number of rotatable bonds is 6. The first-order valence-electron chi connectivity index (χ1n) is 8.84. The number of hydrogen-bond acceptors (Lipinski definition) is 4. The highest BCUT2D eigenvalue weighted by atomic mass is 16.5. The lowest BCUT2D eigenvalue weighted by atomic mass is 10.2. The maximum atomic E-state index is 12.4. The fourth-order valence-corrected chi connectivity index (χ4v) is 3.05. The molecular formula is C20H25N3O2. The quantitative estimate of drug-likeness (QED) is 0.877. The number of hydrogen-bond donors (Lipinski definition) is 1. The molecule has 1 atom stereocenters. The van der Waals surface area contributed by atoms with Crippen LogP contribution in [0.25, 0.3) is 0 Å². The zero-order valence-electron chi connectivity index (χ0n) is 14.9. The van der Waals surface area contributed by atoms with Crippen LogP contribution in [-0.4, -0.2) is 34.9 Å². The molecule has 1 saturated heterocycles. The van der Waals surface area contributed by atoms with E-state index in [1.165, 1.54) is 12.8 Å². The van der Waals surface area contributed by atoms with Crippen molar-refractivity contribution in [3.63, 3.8) is 0 Å². The van der Waals surface area contributed by atoms with Gasteiger partial charge in [-0.1, -0.05) is 24.3 Å². The fraction of sp³-hybridized carbons (Fsp3) is 0.400. The molecule has 1 amide bonds. The van der Waals surface area contributed by atoms with Crippen LogP contribution in [0, 0.1) is 6.92 Å². The highest BCUT2D eigenvalue weighted by Crippen LogP contribution is 2.25. The zero-order chi connectivity index (χ0) is 17.6. The first-order valence-corrected chi connectivity index (χ1v) is 8.84. The molecule has 3 rings (SSSR count). The number of para-hydroxylation sites is 1. The van der Waals surface area contributed by atoms with Crippen molar-refractivity contribution < 1.29 is 9.53 Å². The third-order valence-electron chi connectivity index (χ3n) is 4.67. The molecule has 1 unspecified atom stereocenters. The van der Waals surface area contributed by atoms with Crippen molar-refractivity contribution in [1.29, 1.82) is 0 Å². The van der Waals surface area contributed by atoms with Gasteiger partial charge in [-0.25, -0.2) is 4.98 Å². The van der Waals surface area contributed by atoms with E-state index in [1.807, 2.05) is 50.2 Å². The predicted molar refractivity (Wildman–Crippen MR) is 97.6 cm³/mol. The summed E-state index contributed by atoms with van der Waals surface area (Å²) < 4.78 is 5.96. The van der Waals surface area contributed by atoms with E-state index in [1.54, 1.807) is 6.20 Å². The van der Waals surface area contributed by atoms with Gasteiger partial charge in [-0.3, -0.25) is 9.69 Å². The number of likely N-dealkylation sites (tertiary alicyclic amines) is 1. The fourth-order valence-electron chi connectivity index (χ4n) is 3.05. The van der Waals surface area contributed by atoms with Gasteiger partial charge in [-0.15, -0.1) is 0 Å². The zero-order valence-corrected chi connectivity index (χ0v) is 14.9. The van der Waals surface area contributed by atoms with Crippen LogP contribution in [0.4, 0.5) is 0 Å². The molecule has 1 aromatic heterocycles. The van der Waals surface area contributed by atoms with Crippen molar-refractivity contribution in [3.05, 3.63) is 53.7 Å². The van der Waals surface area contributed by atoms with Gasteiger partial charge in [0.25, 0.3) is 0 Å². The number of aromatic nitrogens is 1. The number of aryl methyl sites for hydroxylation is 1. The monoisotopic (exact) mass is 339 g/mol. The third-order valence-corrected chi connectivity index (χ3v) is 4.67. The smallest absolute Gasteiger partial charge is 0.237 e. The predicted octanol–water partition coefficient (Wildman–Crippen LogP) is 3.28. The standard InChI is InChI=1S/C20H25N3O2/c1-15-8-3-4-10-18(15)25-20-17(9-7-11-21-20)14-22-19(24)16(2)23-12-5-6-13-23/h3-4,7-11,16H,5-6,12-14H2,1-2H3,(H,22,24). The van der Waals surface area contributed by atoms with Crippen LogP contribution in [-0.2, 0) is 11.3 Å². The number of carbonyl (C=O) groups is 1. The second kappa shape index (κ2) is 8.12. The molecule has 2 aromatic rings. The summed E-state index contributed by atoms with van der Waals surface area (Å²) >= 11 is 0. The minimum Gasteiger partial charge on any atom is -0.438 e. The largest absolute Gasteiger partial charge is 0.438 e. The molecule has 0 spiro atoms. The van der Waals surface area contributed by atoms with Gasteiger partial charge in [0, 0.05) is 18.3 Å². The van der Waals surface area contributed by atoms with Gasteiger partial charge in [0.15, 0.2) is 0 Å². The van der Waals surface area contributed by atoms with E-state index in [0.29, 0.717) is 12.4 Å². The summed E-state index contributed by atoms with van der Waals surface area (Å²) in [7, 11) is 0. The number of carbonyl (C=O) groups excluding carboxylic acids is 1. The van der Waals surface area contributed by atoms with Gasteiger partial charge in [0.2, 0.25) is 11.8 Å². The van der Waals surface area contributed by atoms with Gasteiger partial charge >= 0.3 is 0 Å². The first kappa shape index (κ1) is 17.4. The Hall–Kier alpha value is -2.40. The summed E-state index contributed by atoms with van der Waals surface area (Å²) in [5.41, 5.74) is 1.92. The van der Waals surface area contributed by atoms with Crippen LogP contribution in [0.15, 0.2) is 42.6 Å². The van der Waals surface area contributed by atoms with E-state index in [4.69, 9.17) is 4.74 Å². The molecule has 0 bridgehead atoms. The molecule has 25 heavy (non-hydrogen) atoms. The summed E-state index contributed by atoms with van der Waals surface area (Å²) in [6.07, 6.45) is 4.05. The highest BCUT2D eigenvalue weighted by molar-refractivity contribution is 5.81. The number of pyridine rings is 1. The SMILES string of the molecule is Cc1ccccc1Oc1ncccc1CNC(=O)C(C)N1CCCC1. The Morgan fingerprint density at radius 1 is 1.24 bits per heavy atom. The summed E-state index contributed by atoms with van der Waals surface area (Å²) in [4.78, 5) is 19.0. The minimum absolute atomic E-state index is 0.0487. The van der Waals surface area contributed by atoms with Gasteiger partial charge in [0.05, 0.1) is 6.04 Å². The summed E-state index contributed by atoms with van der Waals surface area (Å²) in [6, 6.07) is 11.5. The van der Waals surface area contributed by atoms with Crippen molar-refractivity contribution in [1.82, 2.24) is 15.2 Å². The Kier molecular flexibility index (Phi) is 5.66. The average Bonchev–Trinajstić information content (AvgIpc) is 3.16. The van der Waals surface area contributed by atoms with Crippen LogP contribution in [0.5, 0.6) is 11.6 Å². The first-order chi connectivity index (χ1) is 12.1. The van der Waals surface area contributed by atoms with E-state index in [9.17, 15) is 4.79 Å². The van der Waals surface area contributed by atoms with Crippen LogP contribution in [0.3, 0.4) is 0 Å². The maximum Gasteiger partial charge on any atom is 0.237 e. The van der Waals surface area contributed by atoms with E-state index < -0.39 is 0 Å². The Bertz CT molecular complexity index is 726. The summed E-state index contributed by atoms with van der Waals surface area (Å²) in [5, 5.41) is 3.02. The molecule has 1 aliphatic heterocycles. The molecule has 5 heteroatoms. The van der Waals surface area contributed by atoms with E-state index in [0.717, 1.165) is 30.0 Å². The summed E-state index contributed by atoms with van der Waals surface area (Å²) in [6.45, 7) is 6.38. The van der Waals surface area contributed by atoms with Crippen LogP contribution >= 0.6 is 0 Å². The van der Waals surface area contributed by atoms with Crippen LogP contribution in [0.2, 0.25) is 0 Å². The molecule has 5 nitrogen and oxygen atoms in total. The summed E-state index contributed by atoms with van der Waals surface area (Å²) in [5.74, 6) is 1.36. The lowest BCUT2D eigenvalue weighted by Crippen LogP contribution is -2.43. The van der Waals surface area contributed by atoms with Gasteiger partial charge in [-0.2, -0.15) is 0 Å². The lowest BCUT2D eigenvalue weighted by Gasteiger charge is -2.22. The minimum atomic E-state index is -0.0973. The van der Waals surface area contributed by atoms with E-state index in [2.05, 4.69) is 15.2 Å². The van der Waals surface area contributed by atoms with Crippen molar-refractivity contribution >= 4 is 5.91 Å². The van der Waals surface area contributed by atoms with Crippen molar-refractivity contribution in [3.8, 4) is 11.6 Å². The van der Waals surface area contributed by atoms with Crippen molar-refractivity contribution in [2.45, 2.75) is 39.3 Å². The van der Waals surface area contributed by atoms with Gasteiger partial charge < -0.3 is 10.1 Å². The molecular weight excluding hydrogens is 314 g/mol. The number of amides is 1. The molecule has 0 saturated carbocycles. The molecule has 0 radical (unpaired) electrons. The Labute approximate surface area is 149 Å². The van der Waals surface area contributed by atoms with Crippen LogP contribution < -0.4 is 10.1 Å². The lowest BCUT2D eigenvalue weighted by molar-refractivity contribution is -0.125. The molecule has 1 aliphatic rings. The number of nitrogens with one attached hydrogen (secondary N) is 1. The Morgan fingerprint density at radius 2 is 2.00 bits per heavy atom. The Balaban J connectivity index is 1.65. The highest BCUT2D eigenvalue weighted by Gasteiger charge is 2.23. The molecule has 2 heterocycles.